The summed E-state index contributed by atoms with van der Waals surface area (Å²) in [7, 11) is -3.70. The smallest absolute Gasteiger partial charge is 0.251 e. The zero-order valence-electron chi connectivity index (χ0n) is 16.7. The van der Waals surface area contributed by atoms with Crippen LogP contribution in [0.15, 0.2) is 65.7 Å². The summed E-state index contributed by atoms with van der Waals surface area (Å²) in [4.78, 5) is 16.6. The number of para-hydroxylation sites is 1. The minimum Gasteiger partial charge on any atom is -0.491 e. The van der Waals surface area contributed by atoms with E-state index in [-0.39, 0.29) is 23.8 Å². The Morgan fingerprint density at radius 2 is 1.84 bits per heavy atom. The van der Waals surface area contributed by atoms with Gasteiger partial charge in [0.05, 0.1) is 17.6 Å². The number of nitriles is 1. The number of ether oxygens (including phenoxy) is 1. The molecule has 9 heteroatoms. The number of rotatable bonds is 10. The Kier molecular flexibility index (Phi) is 7.54. The van der Waals surface area contributed by atoms with Crippen LogP contribution in [-0.2, 0) is 10.0 Å². The standard InChI is InChI=1S/C22H22N4O4S/c23-12-3-15-26-31(28,29)19-10-8-18(9-11-19)22(27)25-14-4-16-30-20-7-1-5-17-6-2-13-24-21(17)20/h1-2,5-11,13,26H,3-4,14-16H2,(H,25,27). The molecular formula is C22H22N4O4S. The van der Waals surface area contributed by atoms with Crippen molar-refractivity contribution < 1.29 is 17.9 Å². The van der Waals surface area contributed by atoms with Crippen LogP contribution in [-0.4, -0.2) is 39.0 Å². The second-order valence-corrected chi connectivity index (χ2v) is 8.39. The van der Waals surface area contributed by atoms with E-state index in [1.165, 1.54) is 24.3 Å². The van der Waals surface area contributed by atoms with Crippen molar-refractivity contribution in [1.82, 2.24) is 15.0 Å². The first-order valence-corrected chi connectivity index (χ1v) is 11.2. The van der Waals surface area contributed by atoms with Crippen LogP contribution in [0.1, 0.15) is 23.2 Å². The number of nitrogens with one attached hydrogen (secondary N) is 2. The predicted octanol–water partition coefficient (Wildman–Crippen LogP) is 2.63. The summed E-state index contributed by atoms with van der Waals surface area (Å²) in [5, 5.41) is 12.3. The molecule has 0 saturated carbocycles. The van der Waals surface area contributed by atoms with Crippen molar-refractivity contribution in [2.75, 3.05) is 19.7 Å². The zero-order chi connectivity index (χ0) is 22.1. The van der Waals surface area contributed by atoms with Gasteiger partial charge in [0.15, 0.2) is 0 Å². The number of nitrogens with zero attached hydrogens (tertiary/aromatic N) is 2. The molecular weight excluding hydrogens is 416 g/mol. The van der Waals surface area contributed by atoms with Crippen LogP contribution < -0.4 is 14.8 Å². The van der Waals surface area contributed by atoms with Gasteiger partial charge in [-0.2, -0.15) is 5.26 Å². The number of pyridine rings is 1. The maximum Gasteiger partial charge on any atom is 0.251 e. The molecule has 0 radical (unpaired) electrons. The Bertz CT molecular complexity index is 1180. The molecule has 2 aromatic carbocycles. The first-order chi connectivity index (χ1) is 15.0. The fourth-order valence-corrected chi connectivity index (χ4v) is 3.89. The van der Waals surface area contributed by atoms with E-state index in [9.17, 15) is 13.2 Å². The van der Waals surface area contributed by atoms with Crippen LogP contribution in [0.2, 0.25) is 0 Å². The summed E-state index contributed by atoms with van der Waals surface area (Å²) in [6.45, 7) is 0.867. The number of hydrogen-bond acceptors (Lipinski definition) is 6. The fraction of sp³-hybridized carbons (Fsp3) is 0.227. The monoisotopic (exact) mass is 438 g/mol. The van der Waals surface area contributed by atoms with E-state index in [1.54, 1.807) is 6.20 Å². The van der Waals surface area contributed by atoms with Crippen molar-refractivity contribution in [2.45, 2.75) is 17.7 Å². The minimum absolute atomic E-state index is 0.0397. The number of hydrogen-bond donors (Lipinski definition) is 2. The molecule has 31 heavy (non-hydrogen) atoms. The third-order valence-corrected chi connectivity index (χ3v) is 5.89. The summed E-state index contributed by atoms with van der Waals surface area (Å²) < 4.78 is 32.3. The molecule has 3 rings (SSSR count). The molecule has 0 atom stereocenters. The van der Waals surface area contributed by atoms with E-state index in [4.69, 9.17) is 10.00 Å². The van der Waals surface area contributed by atoms with Crippen LogP contribution in [0.5, 0.6) is 5.75 Å². The maximum absolute atomic E-state index is 12.3. The largest absolute Gasteiger partial charge is 0.491 e. The molecule has 160 valence electrons. The highest BCUT2D eigenvalue weighted by molar-refractivity contribution is 7.89. The average molecular weight is 439 g/mol. The molecule has 0 aliphatic rings. The lowest BCUT2D eigenvalue weighted by molar-refractivity contribution is 0.0951. The van der Waals surface area contributed by atoms with Gasteiger partial charge in [-0.3, -0.25) is 9.78 Å². The third kappa shape index (κ3) is 6.01. The lowest BCUT2D eigenvalue weighted by Crippen LogP contribution is -2.26. The van der Waals surface area contributed by atoms with E-state index in [1.807, 2.05) is 36.4 Å². The Labute approximate surface area is 180 Å². The molecule has 2 N–H and O–H groups in total. The van der Waals surface area contributed by atoms with E-state index in [0.29, 0.717) is 30.9 Å². The molecule has 8 nitrogen and oxygen atoms in total. The molecule has 3 aromatic rings. The van der Waals surface area contributed by atoms with Gasteiger partial charge in [-0.05, 0) is 42.8 Å². The summed E-state index contributed by atoms with van der Waals surface area (Å²) >= 11 is 0. The highest BCUT2D eigenvalue weighted by atomic mass is 32.2. The van der Waals surface area contributed by atoms with Crippen molar-refractivity contribution in [1.29, 1.82) is 5.26 Å². The van der Waals surface area contributed by atoms with Gasteiger partial charge < -0.3 is 10.1 Å². The van der Waals surface area contributed by atoms with Crippen molar-refractivity contribution in [2.24, 2.45) is 0 Å². The van der Waals surface area contributed by atoms with Crippen LogP contribution in [0.25, 0.3) is 10.9 Å². The third-order valence-electron chi connectivity index (χ3n) is 4.42. The van der Waals surface area contributed by atoms with Crippen LogP contribution in [0.3, 0.4) is 0 Å². The topological polar surface area (TPSA) is 121 Å². The Morgan fingerprint density at radius 3 is 2.61 bits per heavy atom. The van der Waals surface area contributed by atoms with Gasteiger partial charge in [0.1, 0.15) is 11.3 Å². The van der Waals surface area contributed by atoms with E-state index in [2.05, 4.69) is 15.0 Å². The zero-order valence-corrected chi connectivity index (χ0v) is 17.6. The average Bonchev–Trinajstić information content (AvgIpc) is 2.79. The van der Waals surface area contributed by atoms with Gasteiger partial charge in [0.25, 0.3) is 5.91 Å². The highest BCUT2D eigenvalue weighted by Gasteiger charge is 2.14. The van der Waals surface area contributed by atoms with Gasteiger partial charge in [-0.15, -0.1) is 0 Å². The molecule has 0 fully saturated rings. The molecule has 0 aliphatic carbocycles. The molecule has 0 aliphatic heterocycles. The first-order valence-electron chi connectivity index (χ1n) is 9.73. The number of aromatic nitrogens is 1. The summed E-state index contributed by atoms with van der Waals surface area (Å²) in [5.74, 6) is 0.401. The van der Waals surface area contributed by atoms with Crippen molar-refractivity contribution in [3.05, 3.63) is 66.4 Å². The molecule has 1 heterocycles. The summed E-state index contributed by atoms with van der Waals surface area (Å²) in [5.41, 5.74) is 1.15. The fourth-order valence-electron chi connectivity index (χ4n) is 2.86. The summed E-state index contributed by atoms with van der Waals surface area (Å²) in [6.07, 6.45) is 2.40. The maximum atomic E-state index is 12.3. The number of carbonyl (C=O) groups excluding carboxylic acids is 1. The second kappa shape index (κ2) is 10.5. The molecule has 0 saturated heterocycles. The van der Waals surface area contributed by atoms with Crippen LogP contribution >= 0.6 is 0 Å². The molecule has 1 amide bonds. The van der Waals surface area contributed by atoms with Crippen LogP contribution in [0, 0.1) is 11.3 Å². The molecule has 1 aromatic heterocycles. The van der Waals surface area contributed by atoms with Crippen LogP contribution in [0.4, 0.5) is 0 Å². The van der Waals surface area contributed by atoms with Crippen molar-refractivity contribution in [3.63, 3.8) is 0 Å². The number of fused-ring (bicyclic) bond motifs is 1. The Hall–Kier alpha value is -3.48. The van der Waals surface area contributed by atoms with Gasteiger partial charge in [-0.25, -0.2) is 13.1 Å². The van der Waals surface area contributed by atoms with Gasteiger partial charge in [0.2, 0.25) is 10.0 Å². The molecule has 0 bridgehead atoms. The SMILES string of the molecule is N#CCCNS(=O)(=O)c1ccc(C(=O)NCCCOc2cccc3cccnc23)cc1. The molecule has 0 unspecified atom stereocenters. The number of carbonyl (C=O) groups is 1. The van der Waals surface area contributed by atoms with Gasteiger partial charge in [-0.1, -0.05) is 18.2 Å². The molecule has 0 spiro atoms. The second-order valence-electron chi connectivity index (χ2n) is 6.62. The normalized spacial score (nSPS) is 11.1. The minimum atomic E-state index is -3.70. The van der Waals surface area contributed by atoms with Gasteiger partial charge in [0, 0.05) is 36.7 Å². The Balaban J connectivity index is 1.46. The van der Waals surface area contributed by atoms with E-state index in [0.717, 1.165) is 10.9 Å². The Morgan fingerprint density at radius 1 is 1.06 bits per heavy atom. The number of amides is 1. The number of benzene rings is 2. The summed E-state index contributed by atoms with van der Waals surface area (Å²) in [6, 6.07) is 17.1. The lowest BCUT2D eigenvalue weighted by Gasteiger charge is -2.10. The predicted molar refractivity (Wildman–Crippen MR) is 116 cm³/mol. The highest BCUT2D eigenvalue weighted by Crippen LogP contribution is 2.22. The van der Waals surface area contributed by atoms with Gasteiger partial charge >= 0.3 is 0 Å². The van der Waals surface area contributed by atoms with E-state index >= 15 is 0 Å². The quantitative estimate of drug-likeness (QED) is 0.469. The number of sulfonamides is 1. The first kappa shape index (κ1) is 22.2. The van der Waals surface area contributed by atoms with Crippen molar-refractivity contribution in [3.8, 4) is 11.8 Å². The van der Waals surface area contributed by atoms with Crippen molar-refractivity contribution >= 4 is 26.8 Å². The lowest BCUT2D eigenvalue weighted by atomic mass is 10.2. The van der Waals surface area contributed by atoms with E-state index < -0.39 is 10.0 Å².